The Morgan fingerprint density at radius 3 is 2.91 bits per heavy atom. The lowest BCUT2D eigenvalue weighted by molar-refractivity contribution is 0.462. The Labute approximate surface area is 123 Å². The van der Waals surface area contributed by atoms with Gasteiger partial charge in [0.2, 0.25) is 5.88 Å². The monoisotopic (exact) mass is 290 g/mol. The van der Waals surface area contributed by atoms with E-state index in [1.54, 1.807) is 16.8 Å². The molecule has 6 nitrogen and oxygen atoms in total. The Bertz CT molecular complexity index is 1270. The highest BCUT2D eigenvalue weighted by Gasteiger charge is 2.21. The molecule has 106 valence electrons. The van der Waals surface area contributed by atoms with E-state index in [1.165, 1.54) is 0 Å². The van der Waals surface area contributed by atoms with E-state index < -0.39 is 0 Å². The molecule has 0 aliphatic rings. The molecular formula is C16H10N4O2. The number of pyridine rings is 1. The number of nitrogens with zero attached hydrogens (tertiary/aromatic N) is 3. The van der Waals surface area contributed by atoms with Crippen molar-refractivity contribution in [2.75, 3.05) is 0 Å². The third-order valence-corrected chi connectivity index (χ3v) is 4.17. The number of aryl methyl sites for hydroxylation is 1. The van der Waals surface area contributed by atoms with Gasteiger partial charge in [0.1, 0.15) is 0 Å². The Balaban J connectivity index is 2.28. The van der Waals surface area contributed by atoms with Crippen LogP contribution in [0.3, 0.4) is 0 Å². The minimum atomic E-state index is -0.308. The minimum Gasteiger partial charge on any atom is -0.494 e. The highest BCUT2D eigenvalue weighted by Crippen LogP contribution is 2.36. The number of hydrogen-bond donors (Lipinski definition) is 2. The van der Waals surface area contributed by atoms with Gasteiger partial charge in [-0.2, -0.15) is 5.10 Å². The van der Waals surface area contributed by atoms with Crippen molar-refractivity contribution < 1.29 is 5.11 Å². The second-order valence-corrected chi connectivity index (χ2v) is 5.51. The highest BCUT2D eigenvalue weighted by atomic mass is 16.3. The van der Waals surface area contributed by atoms with Gasteiger partial charge in [0.05, 0.1) is 28.0 Å². The maximum absolute atomic E-state index is 12.3. The van der Waals surface area contributed by atoms with Crippen LogP contribution < -0.4 is 5.56 Å². The molecule has 5 rings (SSSR count). The zero-order chi connectivity index (χ0) is 15.0. The molecule has 0 amide bonds. The molecule has 5 aromatic rings. The normalized spacial score (nSPS) is 12.2. The number of rotatable bonds is 0. The maximum Gasteiger partial charge on any atom is 0.259 e. The molecule has 1 aromatic carbocycles. The summed E-state index contributed by atoms with van der Waals surface area (Å²) in [6.45, 7) is 1.99. The minimum absolute atomic E-state index is 0.130. The van der Waals surface area contributed by atoms with Crippen LogP contribution in [0, 0.1) is 6.92 Å². The topological polar surface area (TPSA) is 83.3 Å². The fourth-order valence-corrected chi connectivity index (χ4v) is 3.25. The zero-order valence-electron chi connectivity index (χ0n) is 11.6. The quantitative estimate of drug-likeness (QED) is 0.458. The molecule has 0 unspecified atom stereocenters. The van der Waals surface area contributed by atoms with E-state index in [1.807, 2.05) is 25.1 Å². The summed E-state index contributed by atoms with van der Waals surface area (Å²) in [6, 6.07) is 7.68. The lowest BCUT2D eigenvalue weighted by Crippen LogP contribution is -1.99. The predicted molar refractivity (Wildman–Crippen MR) is 83.7 cm³/mol. The van der Waals surface area contributed by atoms with Gasteiger partial charge in [-0.25, -0.2) is 9.50 Å². The number of nitrogens with one attached hydrogen (secondary N) is 1. The van der Waals surface area contributed by atoms with Gasteiger partial charge in [0, 0.05) is 10.8 Å². The standard InChI is InChI=1S/C16H10N4O2/c1-7-2-3-9-8(6-7)11-13-12(15(21)19-16(13)22)10-4-5-17-20(10)14(11)18-9/h2-6,21H,1H3,(H,19,22). The molecule has 0 atom stereocenters. The first-order valence-electron chi connectivity index (χ1n) is 6.89. The van der Waals surface area contributed by atoms with E-state index in [4.69, 9.17) is 0 Å². The third-order valence-electron chi connectivity index (χ3n) is 4.17. The van der Waals surface area contributed by atoms with Crippen LogP contribution in [-0.4, -0.2) is 24.7 Å². The molecule has 2 N–H and O–H groups in total. The van der Waals surface area contributed by atoms with Crippen LogP contribution in [0.15, 0.2) is 35.3 Å². The average Bonchev–Trinajstić information content (AvgIpc) is 3.14. The maximum atomic E-state index is 12.3. The Kier molecular flexibility index (Phi) is 1.85. The summed E-state index contributed by atoms with van der Waals surface area (Å²) in [6.07, 6.45) is 1.63. The van der Waals surface area contributed by atoms with E-state index >= 15 is 0 Å². The number of fused-ring (bicyclic) bond motifs is 8. The lowest BCUT2D eigenvalue weighted by atomic mass is 10.1. The molecule has 0 saturated heterocycles. The van der Waals surface area contributed by atoms with Crippen LogP contribution in [0.4, 0.5) is 0 Å². The van der Waals surface area contributed by atoms with Gasteiger partial charge in [-0.15, -0.1) is 0 Å². The van der Waals surface area contributed by atoms with Crippen molar-refractivity contribution in [3.8, 4) is 5.88 Å². The van der Waals surface area contributed by atoms with Crippen LogP contribution in [0.1, 0.15) is 5.56 Å². The van der Waals surface area contributed by atoms with Crippen LogP contribution in [0.25, 0.3) is 38.2 Å². The number of aromatic amines is 1. The molecule has 6 heteroatoms. The smallest absolute Gasteiger partial charge is 0.259 e. The number of aromatic hydroxyl groups is 1. The highest BCUT2D eigenvalue weighted by molar-refractivity contribution is 6.23. The van der Waals surface area contributed by atoms with Gasteiger partial charge >= 0.3 is 0 Å². The predicted octanol–water partition coefficient (Wildman–Crippen LogP) is 2.33. The van der Waals surface area contributed by atoms with E-state index in [0.29, 0.717) is 21.9 Å². The van der Waals surface area contributed by atoms with Gasteiger partial charge < -0.3 is 5.11 Å². The molecule has 4 heterocycles. The van der Waals surface area contributed by atoms with Crippen LogP contribution >= 0.6 is 0 Å². The molecule has 0 fully saturated rings. The third kappa shape index (κ3) is 1.18. The van der Waals surface area contributed by atoms with Gasteiger partial charge in [-0.1, -0.05) is 11.6 Å². The second kappa shape index (κ2) is 3.54. The largest absolute Gasteiger partial charge is 0.494 e. The van der Waals surface area contributed by atoms with Crippen molar-refractivity contribution in [2.24, 2.45) is 0 Å². The van der Waals surface area contributed by atoms with Crippen molar-refractivity contribution in [1.29, 1.82) is 0 Å². The fourth-order valence-electron chi connectivity index (χ4n) is 3.25. The summed E-state index contributed by atoms with van der Waals surface area (Å²) in [4.78, 5) is 19.4. The molecule has 4 aromatic heterocycles. The van der Waals surface area contributed by atoms with Crippen LogP contribution in [0.5, 0.6) is 5.88 Å². The molecule has 0 aliphatic carbocycles. The lowest BCUT2D eigenvalue weighted by Gasteiger charge is -1.99. The average molecular weight is 290 g/mol. The summed E-state index contributed by atoms with van der Waals surface area (Å²) >= 11 is 0. The van der Waals surface area contributed by atoms with Crippen molar-refractivity contribution >= 4 is 38.2 Å². The fraction of sp³-hybridized carbons (Fsp3) is 0.0625. The molecular weight excluding hydrogens is 280 g/mol. The number of H-pyrrole nitrogens is 1. The van der Waals surface area contributed by atoms with Gasteiger partial charge in [0.15, 0.2) is 5.65 Å². The second-order valence-electron chi connectivity index (χ2n) is 5.51. The summed E-state index contributed by atoms with van der Waals surface area (Å²) in [5.41, 5.74) is 2.88. The first-order chi connectivity index (χ1) is 10.6. The van der Waals surface area contributed by atoms with E-state index in [-0.39, 0.29) is 11.4 Å². The first-order valence-corrected chi connectivity index (χ1v) is 6.89. The zero-order valence-corrected chi connectivity index (χ0v) is 11.6. The molecule has 0 bridgehead atoms. The Hall–Kier alpha value is -3.15. The SMILES string of the molecule is Cc1ccc2nc3c(c2c1)c1c(=O)[nH]c(O)c1c1ccnn13. The van der Waals surface area contributed by atoms with Crippen molar-refractivity contribution in [1.82, 2.24) is 19.6 Å². The first kappa shape index (κ1) is 11.5. The van der Waals surface area contributed by atoms with E-state index in [2.05, 4.69) is 15.1 Å². The number of aromatic nitrogens is 4. The van der Waals surface area contributed by atoms with E-state index in [9.17, 15) is 9.90 Å². The molecule has 0 radical (unpaired) electrons. The Morgan fingerprint density at radius 2 is 2.05 bits per heavy atom. The molecule has 22 heavy (non-hydrogen) atoms. The number of benzene rings is 1. The summed E-state index contributed by atoms with van der Waals surface area (Å²) in [5, 5.41) is 17.0. The van der Waals surface area contributed by atoms with Crippen LogP contribution in [-0.2, 0) is 0 Å². The molecule has 0 saturated carbocycles. The van der Waals surface area contributed by atoms with Gasteiger partial charge in [-0.3, -0.25) is 9.78 Å². The van der Waals surface area contributed by atoms with Gasteiger partial charge in [0.25, 0.3) is 5.56 Å². The van der Waals surface area contributed by atoms with Gasteiger partial charge in [-0.05, 0) is 25.1 Å². The summed E-state index contributed by atoms with van der Waals surface area (Å²) in [7, 11) is 0. The number of hydrogen-bond acceptors (Lipinski definition) is 4. The molecule has 0 spiro atoms. The summed E-state index contributed by atoms with van der Waals surface area (Å²) in [5.74, 6) is -0.130. The summed E-state index contributed by atoms with van der Waals surface area (Å²) < 4.78 is 1.67. The van der Waals surface area contributed by atoms with Crippen LogP contribution in [0.2, 0.25) is 0 Å². The van der Waals surface area contributed by atoms with Crippen molar-refractivity contribution in [3.63, 3.8) is 0 Å². The molecule has 0 aliphatic heterocycles. The van der Waals surface area contributed by atoms with E-state index in [0.717, 1.165) is 21.9 Å². The van der Waals surface area contributed by atoms with Crippen molar-refractivity contribution in [2.45, 2.75) is 6.92 Å². The van der Waals surface area contributed by atoms with Crippen molar-refractivity contribution in [3.05, 3.63) is 46.4 Å². The Morgan fingerprint density at radius 1 is 1.18 bits per heavy atom.